The van der Waals surface area contributed by atoms with Crippen molar-refractivity contribution in [2.24, 2.45) is 5.92 Å². The highest BCUT2D eigenvalue weighted by molar-refractivity contribution is 5.97. The molecule has 0 radical (unpaired) electrons. The minimum absolute atomic E-state index is 0.125. The standard InChI is InChI=1S/C21H25NO5/c1-14-13-27-18(12-19(23)24)20(14)21(25)22-9-7-16(8-10-22)11-15-3-5-17(26-2)6-4-15/h3-6,13,16H,7-12H2,1-2H3,(H,23,24). The number of aliphatic carboxylic acids is 1. The molecular weight excluding hydrogens is 346 g/mol. The van der Waals surface area contributed by atoms with Crippen LogP contribution in [-0.2, 0) is 17.6 Å². The second kappa shape index (κ2) is 8.29. The number of carbonyl (C=O) groups is 2. The van der Waals surface area contributed by atoms with Gasteiger partial charge in [0.2, 0.25) is 0 Å². The van der Waals surface area contributed by atoms with Crippen LogP contribution in [0.5, 0.6) is 5.75 Å². The number of hydrogen-bond acceptors (Lipinski definition) is 4. The highest BCUT2D eigenvalue weighted by atomic mass is 16.5. The van der Waals surface area contributed by atoms with E-state index in [0.29, 0.717) is 30.1 Å². The molecule has 1 N–H and O–H groups in total. The zero-order valence-electron chi connectivity index (χ0n) is 15.7. The molecule has 1 aliphatic heterocycles. The van der Waals surface area contributed by atoms with Crippen LogP contribution in [0.3, 0.4) is 0 Å². The van der Waals surface area contributed by atoms with E-state index in [1.807, 2.05) is 17.0 Å². The summed E-state index contributed by atoms with van der Waals surface area (Å²) >= 11 is 0. The van der Waals surface area contributed by atoms with Gasteiger partial charge in [-0.1, -0.05) is 12.1 Å². The van der Waals surface area contributed by atoms with Gasteiger partial charge in [0.25, 0.3) is 5.91 Å². The molecule has 1 amide bonds. The number of aryl methyl sites for hydroxylation is 1. The predicted octanol–water partition coefficient (Wildman–Crippen LogP) is 3.32. The van der Waals surface area contributed by atoms with Gasteiger partial charge < -0.3 is 19.2 Å². The lowest BCUT2D eigenvalue weighted by molar-refractivity contribution is -0.136. The molecule has 1 fully saturated rings. The van der Waals surface area contributed by atoms with Gasteiger partial charge in [-0.2, -0.15) is 0 Å². The molecular formula is C21H25NO5. The first-order valence-corrected chi connectivity index (χ1v) is 9.19. The Hall–Kier alpha value is -2.76. The number of methoxy groups -OCH3 is 1. The van der Waals surface area contributed by atoms with Crippen LogP contribution >= 0.6 is 0 Å². The Balaban J connectivity index is 1.59. The number of ether oxygens (including phenoxy) is 1. The van der Waals surface area contributed by atoms with Crippen LogP contribution in [0.25, 0.3) is 0 Å². The molecule has 1 saturated heterocycles. The minimum Gasteiger partial charge on any atom is -0.497 e. The maximum absolute atomic E-state index is 12.9. The highest BCUT2D eigenvalue weighted by Crippen LogP contribution is 2.26. The van der Waals surface area contributed by atoms with E-state index in [2.05, 4.69) is 12.1 Å². The summed E-state index contributed by atoms with van der Waals surface area (Å²) in [6, 6.07) is 8.12. The zero-order valence-corrected chi connectivity index (χ0v) is 15.7. The van der Waals surface area contributed by atoms with Crippen LogP contribution in [0.1, 0.15) is 40.1 Å². The zero-order chi connectivity index (χ0) is 19.4. The fraction of sp³-hybridized carbons (Fsp3) is 0.429. The first-order valence-electron chi connectivity index (χ1n) is 9.19. The van der Waals surface area contributed by atoms with Crippen LogP contribution in [0.15, 0.2) is 34.9 Å². The van der Waals surface area contributed by atoms with Crippen molar-refractivity contribution in [3.63, 3.8) is 0 Å². The molecule has 0 spiro atoms. The monoisotopic (exact) mass is 371 g/mol. The van der Waals surface area contributed by atoms with Gasteiger partial charge in [0, 0.05) is 18.7 Å². The summed E-state index contributed by atoms with van der Waals surface area (Å²) in [4.78, 5) is 25.7. The molecule has 0 aliphatic carbocycles. The van der Waals surface area contributed by atoms with E-state index in [-0.39, 0.29) is 18.1 Å². The average molecular weight is 371 g/mol. The van der Waals surface area contributed by atoms with Crippen molar-refractivity contribution >= 4 is 11.9 Å². The lowest BCUT2D eigenvalue weighted by Crippen LogP contribution is -2.39. The third-order valence-electron chi connectivity index (χ3n) is 5.16. The van der Waals surface area contributed by atoms with Crippen LogP contribution in [0, 0.1) is 12.8 Å². The summed E-state index contributed by atoms with van der Waals surface area (Å²) in [5.74, 6) is 0.501. The second-order valence-electron chi connectivity index (χ2n) is 7.08. The Labute approximate surface area is 158 Å². The van der Waals surface area contributed by atoms with Crippen molar-refractivity contribution in [1.29, 1.82) is 0 Å². The van der Waals surface area contributed by atoms with Gasteiger partial charge in [-0.25, -0.2) is 0 Å². The molecule has 27 heavy (non-hydrogen) atoms. The van der Waals surface area contributed by atoms with Crippen molar-refractivity contribution in [1.82, 2.24) is 4.90 Å². The summed E-state index contributed by atoms with van der Waals surface area (Å²) < 4.78 is 10.5. The van der Waals surface area contributed by atoms with Gasteiger partial charge in [-0.3, -0.25) is 9.59 Å². The Morgan fingerprint density at radius 1 is 1.22 bits per heavy atom. The van der Waals surface area contributed by atoms with Crippen LogP contribution in [0.2, 0.25) is 0 Å². The molecule has 1 aromatic carbocycles. The molecule has 6 heteroatoms. The van der Waals surface area contributed by atoms with Crippen molar-refractivity contribution in [2.75, 3.05) is 20.2 Å². The molecule has 2 aromatic rings. The number of likely N-dealkylation sites (tertiary alicyclic amines) is 1. The molecule has 0 saturated carbocycles. The van der Waals surface area contributed by atoms with Gasteiger partial charge in [0.1, 0.15) is 17.9 Å². The molecule has 2 heterocycles. The number of amides is 1. The van der Waals surface area contributed by atoms with Crippen LogP contribution in [-0.4, -0.2) is 42.1 Å². The first-order chi connectivity index (χ1) is 13.0. The minimum atomic E-state index is -1.00. The van der Waals surface area contributed by atoms with Crippen molar-refractivity contribution in [2.45, 2.75) is 32.6 Å². The summed E-state index contributed by atoms with van der Waals surface area (Å²) in [5.41, 5.74) is 2.37. The largest absolute Gasteiger partial charge is 0.497 e. The Kier molecular flexibility index (Phi) is 5.84. The second-order valence-corrected chi connectivity index (χ2v) is 7.08. The maximum Gasteiger partial charge on any atom is 0.311 e. The quantitative estimate of drug-likeness (QED) is 0.843. The molecule has 0 unspecified atom stereocenters. The first kappa shape index (κ1) is 19.0. The normalized spacial score (nSPS) is 15.0. The lowest BCUT2D eigenvalue weighted by Gasteiger charge is -2.32. The summed E-state index contributed by atoms with van der Waals surface area (Å²) in [7, 11) is 1.66. The van der Waals surface area contributed by atoms with Gasteiger partial charge in [0.05, 0.1) is 18.9 Å². The molecule has 1 aliphatic rings. The van der Waals surface area contributed by atoms with Gasteiger partial charge in [0.15, 0.2) is 0 Å². The van der Waals surface area contributed by atoms with Gasteiger partial charge in [-0.15, -0.1) is 0 Å². The van der Waals surface area contributed by atoms with E-state index in [9.17, 15) is 9.59 Å². The summed E-state index contributed by atoms with van der Waals surface area (Å²) in [5, 5.41) is 9.01. The predicted molar refractivity (Wildman–Crippen MR) is 100 cm³/mol. The number of rotatable bonds is 6. The third-order valence-corrected chi connectivity index (χ3v) is 5.16. The smallest absolute Gasteiger partial charge is 0.311 e. The number of carbonyl (C=O) groups excluding carboxylic acids is 1. The van der Waals surface area contributed by atoms with Crippen molar-refractivity contribution in [3.8, 4) is 5.75 Å². The number of benzene rings is 1. The number of carboxylic acids is 1. The van der Waals surface area contributed by atoms with E-state index in [1.54, 1.807) is 14.0 Å². The van der Waals surface area contributed by atoms with E-state index < -0.39 is 5.97 Å². The summed E-state index contributed by atoms with van der Waals surface area (Å²) in [6.45, 7) is 3.13. The topological polar surface area (TPSA) is 80.0 Å². The SMILES string of the molecule is COc1ccc(CC2CCN(C(=O)c3c(C)coc3CC(=O)O)CC2)cc1. The Morgan fingerprint density at radius 3 is 2.48 bits per heavy atom. The van der Waals surface area contributed by atoms with Crippen LogP contribution < -0.4 is 4.74 Å². The van der Waals surface area contributed by atoms with Crippen LogP contribution in [0.4, 0.5) is 0 Å². The number of nitrogens with zero attached hydrogens (tertiary/aromatic N) is 1. The average Bonchev–Trinajstić information content (AvgIpc) is 3.02. The fourth-order valence-corrected chi connectivity index (χ4v) is 3.65. The molecule has 3 rings (SSSR count). The van der Waals surface area contributed by atoms with Crippen molar-refractivity contribution in [3.05, 3.63) is 53.0 Å². The van der Waals surface area contributed by atoms with E-state index in [4.69, 9.17) is 14.3 Å². The third kappa shape index (κ3) is 4.51. The Morgan fingerprint density at radius 2 is 1.89 bits per heavy atom. The number of furan rings is 1. The van der Waals surface area contributed by atoms with E-state index in [1.165, 1.54) is 11.8 Å². The maximum atomic E-state index is 12.9. The Bertz CT molecular complexity index is 800. The van der Waals surface area contributed by atoms with Gasteiger partial charge >= 0.3 is 5.97 Å². The summed E-state index contributed by atoms with van der Waals surface area (Å²) in [6.07, 6.45) is 4.04. The van der Waals surface area contributed by atoms with E-state index in [0.717, 1.165) is 25.0 Å². The number of hydrogen-bond donors (Lipinski definition) is 1. The van der Waals surface area contributed by atoms with Gasteiger partial charge in [-0.05, 0) is 49.8 Å². The fourth-order valence-electron chi connectivity index (χ4n) is 3.65. The molecule has 0 bridgehead atoms. The molecule has 1 aromatic heterocycles. The lowest BCUT2D eigenvalue weighted by atomic mass is 9.90. The molecule has 0 atom stereocenters. The molecule has 6 nitrogen and oxygen atoms in total. The number of carboxylic acid groups (broad SMARTS) is 1. The molecule has 144 valence electrons. The number of piperidine rings is 1. The van der Waals surface area contributed by atoms with E-state index >= 15 is 0 Å². The van der Waals surface area contributed by atoms with Crippen molar-refractivity contribution < 1.29 is 23.8 Å². The highest BCUT2D eigenvalue weighted by Gasteiger charge is 2.28.